The number of aryl methyl sites for hydroxylation is 1. The van der Waals surface area contributed by atoms with Crippen LogP contribution in [0.3, 0.4) is 0 Å². The zero-order valence-electron chi connectivity index (χ0n) is 18.5. The molecule has 2 aromatic rings. The van der Waals surface area contributed by atoms with E-state index in [1.807, 2.05) is 12.1 Å². The van der Waals surface area contributed by atoms with Gasteiger partial charge < -0.3 is 15.4 Å². The van der Waals surface area contributed by atoms with Gasteiger partial charge >= 0.3 is 0 Å². The number of ether oxygens (including phenoxy) is 1. The van der Waals surface area contributed by atoms with Gasteiger partial charge in [0, 0.05) is 31.4 Å². The highest BCUT2D eigenvalue weighted by molar-refractivity contribution is 5.92. The molecule has 0 bridgehead atoms. The third kappa shape index (κ3) is 6.66. The van der Waals surface area contributed by atoms with E-state index in [1.54, 1.807) is 0 Å². The Kier molecular flexibility index (Phi) is 8.43. The van der Waals surface area contributed by atoms with Crippen molar-refractivity contribution in [3.8, 4) is 0 Å². The summed E-state index contributed by atoms with van der Waals surface area (Å²) in [6.45, 7) is 11.3. The molecular formula is C25H35N3O2. The van der Waals surface area contributed by atoms with E-state index < -0.39 is 0 Å². The fourth-order valence-electron chi connectivity index (χ4n) is 3.82. The standard InChI is InChI=1S/C25H35N3O2/c1-4-20-5-9-22(10-6-20)25(19(2)3)26-17-24(29)27-23-11-7-21(8-12-23)18-28-13-15-30-16-14-28/h5-12,19,25-26H,4,13-18H2,1-3H3,(H,27,29)/t25-/m0/s1. The molecule has 2 N–H and O–H groups in total. The van der Waals surface area contributed by atoms with E-state index in [0.29, 0.717) is 5.92 Å². The van der Waals surface area contributed by atoms with Crippen molar-refractivity contribution in [2.24, 2.45) is 5.92 Å². The Bertz CT molecular complexity index is 781. The van der Waals surface area contributed by atoms with E-state index in [-0.39, 0.29) is 18.5 Å². The predicted molar refractivity (Wildman–Crippen MR) is 123 cm³/mol. The lowest BCUT2D eigenvalue weighted by molar-refractivity contribution is -0.115. The van der Waals surface area contributed by atoms with Crippen LogP contribution in [-0.2, 0) is 22.5 Å². The molecule has 0 saturated carbocycles. The average molecular weight is 410 g/mol. The van der Waals surface area contributed by atoms with Gasteiger partial charge in [-0.3, -0.25) is 9.69 Å². The van der Waals surface area contributed by atoms with Crippen molar-refractivity contribution in [1.82, 2.24) is 10.2 Å². The van der Waals surface area contributed by atoms with E-state index in [0.717, 1.165) is 45.0 Å². The van der Waals surface area contributed by atoms with Gasteiger partial charge in [0.1, 0.15) is 0 Å². The fraction of sp³-hybridized carbons (Fsp3) is 0.480. The Morgan fingerprint density at radius 1 is 1.00 bits per heavy atom. The van der Waals surface area contributed by atoms with Crippen molar-refractivity contribution in [3.05, 3.63) is 65.2 Å². The molecule has 0 aliphatic carbocycles. The van der Waals surface area contributed by atoms with Crippen LogP contribution in [0.4, 0.5) is 5.69 Å². The molecule has 1 aliphatic rings. The second-order valence-corrected chi connectivity index (χ2v) is 8.33. The first-order valence-corrected chi connectivity index (χ1v) is 11.1. The molecule has 0 aromatic heterocycles. The van der Waals surface area contributed by atoms with Crippen LogP contribution in [0.5, 0.6) is 0 Å². The Morgan fingerprint density at radius 3 is 2.23 bits per heavy atom. The first-order valence-electron chi connectivity index (χ1n) is 11.1. The highest BCUT2D eigenvalue weighted by Crippen LogP contribution is 2.22. The topological polar surface area (TPSA) is 53.6 Å². The molecule has 0 unspecified atom stereocenters. The molecule has 1 atom stereocenters. The van der Waals surface area contributed by atoms with Gasteiger partial charge in [-0.05, 0) is 41.2 Å². The number of hydrogen-bond acceptors (Lipinski definition) is 4. The molecule has 0 spiro atoms. The molecule has 1 saturated heterocycles. The molecule has 0 radical (unpaired) electrons. The summed E-state index contributed by atoms with van der Waals surface area (Å²) in [5.41, 5.74) is 4.64. The maximum atomic E-state index is 12.5. The minimum absolute atomic E-state index is 0.0215. The van der Waals surface area contributed by atoms with Crippen LogP contribution in [0.1, 0.15) is 43.5 Å². The van der Waals surface area contributed by atoms with Crippen molar-refractivity contribution in [3.63, 3.8) is 0 Å². The minimum Gasteiger partial charge on any atom is -0.379 e. The molecule has 30 heavy (non-hydrogen) atoms. The van der Waals surface area contributed by atoms with Gasteiger partial charge in [0.15, 0.2) is 0 Å². The number of carbonyl (C=O) groups is 1. The monoisotopic (exact) mass is 409 g/mol. The van der Waals surface area contributed by atoms with E-state index in [2.05, 4.69) is 72.7 Å². The number of rotatable bonds is 9. The van der Waals surface area contributed by atoms with Crippen LogP contribution in [0.15, 0.2) is 48.5 Å². The Balaban J connectivity index is 1.49. The number of amides is 1. The van der Waals surface area contributed by atoms with Crippen molar-refractivity contribution < 1.29 is 9.53 Å². The van der Waals surface area contributed by atoms with Crippen LogP contribution in [-0.4, -0.2) is 43.7 Å². The third-order valence-electron chi connectivity index (χ3n) is 5.64. The molecule has 2 aromatic carbocycles. The molecule has 1 heterocycles. The lowest BCUT2D eigenvalue weighted by Crippen LogP contribution is -2.35. The predicted octanol–water partition coefficient (Wildman–Crippen LogP) is 4.01. The number of nitrogens with one attached hydrogen (secondary N) is 2. The number of nitrogens with zero attached hydrogens (tertiary/aromatic N) is 1. The van der Waals surface area contributed by atoms with Gasteiger partial charge in [-0.1, -0.05) is 57.2 Å². The Labute approximate surface area is 180 Å². The lowest BCUT2D eigenvalue weighted by Gasteiger charge is -2.26. The number of carbonyl (C=O) groups excluding carboxylic acids is 1. The quantitative estimate of drug-likeness (QED) is 0.657. The first-order chi connectivity index (χ1) is 14.5. The fourth-order valence-corrected chi connectivity index (χ4v) is 3.82. The van der Waals surface area contributed by atoms with Crippen LogP contribution >= 0.6 is 0 Å². The first kappa shape index (κ1) is 22.5. The van der Waals surface area contributed by atoms with Crippen LogP contribution in [0.25, 0.3) is 0 Å². The van der Waals surface area contributed by atoms with Gasteiger partial charge in [-0.2, -0.15) is 0 Å². The lowest BCUT2D eigenvalue weighted by atomic mass is 9.95. The number of morpholine rings is 1. The number of hydrogen-bond donors (Lipinski definition) is 2. The zero-order chi connectivity index (χ0) is 21.3. The van der Waals surface area contributed by atoms with E-state index >= 15 is 0 Å². The summed E-state index contributed by atoms with van der Waals surface area (Å²) < 4.78 is 5.40. The van der Waals surface area contributed by atoms with Crippen molar-refractivity contribution in [2.75, 3.05) is 38.2 Å². The molecule has 162 valence electrons. The highest BCUT2D eigenvalue weighted by Gasteiger charge is 2.17. The van der Waals surface area contributed by atoms with E-state index in [9.17, 15) is 4.79 Å². The highest BCUT2D eigenvalue weighted by atomic mass is 16.5. The Hall–Kier alpha value is -2.21. The van der Waals surface area contributed by atoms with Crippen molar-refractivity contribution in [2.45, 2.75) is 39.8 Å². The summed E-state index contributed by atoms with van der Waals surface area (Å²) in [4.78, 5) is 14.9. The van der Waals surface area contributed by atoms with Crippen LogP contribution < -0.4 is 10.6 Å². The zero-order valence-corrected chi connectivity index (χ0v) is 18.5. The Morgan fingerprint density at radius 2 is 1.63 bits per heavy atom. The molecule has 5 nitrogen and oxygen atoms in total. The second-order valence-electron chi connectivity index (χ2n) is 8.33. The molecule has 3 rings (SSSR count). The largest absolute Gasteiger partial charge is 0.379 e. The van der Waals surface area contributed by atoms with E-state index in [1.165, 1.54) is 16.7 Å². The summed E-state index contributed by atoms with van der Waals surface area (Å²) in [5.74, 6) is 0.372. The van der Waals surface area contributed by atoms with E-state index in [4.69, 9.17) is 4.74 Å². The summed E-state index contributed by atoms with van der Waals surface area (Å²) in [7, 11) is 0. The van der Waals surface area contributed by atoms with Gasteiger partial charge in [-0.25, -0.2) is 0 Å². The molecule has 1 aliphatic heterocycles. The van der Waals surface area contributed by atoms with Crippen molar-refractivity contribution >= 4 is 11.6 Å². The maximum absolute atomic E-state index is 12.5. The molecule has 1 fully saturated rings. The number of anilines is 1. The van der Waals surface area contributed by atoms with Gasteiger partial charge in [0.25, 0.3) is 0 Å². The summed E-state index contributed by atoms with van der Waals surface area (Å²) in [6.07, 6.45) is 1.04. The molecular weight excluding hydrogens is 374 g/mol. The maximum Gasteiger partial charge on any atom is 0.238 e. The molecule has 5 heteroatoms. The van der Waals surface area contributed by atoms with Crippen molar-refractivity contribution in [1.29, 1.82) is 0 Å². The summed E-state index contributed by atoms with van der Waals surface area (Å²) >= 11 is 0. The normalized spacial score (nSPS) is 15.9. The van der Waals surface area contributed by atoms with Crippen LogP contribution in [0, 0.1) is 5.92 Å². The van der Waals surface area contributed by atoms with Gasteiger partial charge in [-0.15, -0.1) is 0 Å². The minimum atomic E-state index is -0.0215. The average Bonchev–Trinajstić information content (AvgIpc) is 2.76. The van der Waals surface area contributed by atoms with Crippen LogP contribution in [0.2, 0.25) is 0 Å². The smallest absolute Gasteiger partial charge is 0.238 e. The number of benzene rings is 2. The summed E-state index contributed by atoms with van der Waals surface area (Å²) in [6, 6.07) is 17.0. The van der Waals surface area contributed by atoms with Gasteiger partial charge in [0.05, 0.1) is 19.8 Å². The SMILES string of the molecule is CCc1ccc([C@@H](NCC(=O)Nc2ccc(CN3CCOCC3)cc2)C(C)C)cc1. The van der Waals surface area contributed by atoms with Gasteiger partial charge in [0.2, 0.25) is 5.91 Å². The second kappa shape index (κ2) is 11.3. The third-order valence-corrected chi connectivity index (χ3v) is 5.64. The summed E-state index contributed by atoms with van der Waals surface area (Å²) in [5, 5.41) is 6.43. The molecule has 1 amide bonds.